The molecule has 1 N–H and O–H groups in total. The number of rotatable bonds is 7. The van der Waals surface area contributed by atoms with Crippen LogP contribution < -0.4 is 10.2 Å². The summed E-state index contributed by atoms with van der Waals surface area (Å²) in [6, 6.07) is 10.8. The number of tetrazole rings is 1. The Morgan fingerprint density at radius 1 is 1.17 bits per heavy atom. The van der Waals surface area contributed by atoms with Crippen molar-refractivity contribution >= 4 is 17.5 Å². The van der Waals surface area contributed by atoms with Crippen LogP contribution in [-0.4, -0.2) is 37.6 Å². The van der Waals surface area contributed by atoms with Gasteiger partial charge in [0.25, 0.3) is 11.8 Å². The van der Waals surface area contributed by atoms with E-state index in [-0.39, 0.29) is 23.8 Å². The van der Waals surface area contributed by atoms with Crippen molar-refractivity contribution in [1.29, 1.82) is 0 Å². The lowest BCUT2D eigenvalue weighted by atomic mass is 10.1. The largest absolute Gasteiger partial charge is 0.467 e. The number of benzene rings is 1. The molecule has 3 aromatic heterocycles. The molecule has 2 amide bonds. The number of carbonyl (C=O) groups excluding carboxylic acids is 2. The molecule has 0 saturated heterocycles. The van der Waals surface area contributed by atoms with Gasteiger partial charge in [0, 0.05) is 11.2 Å². The molecule has 0 aliphatic rings. The summed E-state index contributed by atoms with van der Waals surface area (Å²) >= 11 is 0. The zero-order valence-electron chi connectivity index (χ0n) is 19.7. The topological polar surface area (TPSA) is 119 Å². The highest BCUT2D eigenvalue weighted by atomic mass is 19.1. The Hall–Kier alpha value is -4.28. The number of nitrogens with one attached hydrogen (secondary N) is 1. The zero-order chi connectivity index (χ0) is 25.2. The number of hydrogen-bond acceptors (Lipinski definition) is 7. The number of furan rings is 2. The van der Waals surface area contributed by atoms with Gasteiger partial charge in [-0.15, -0.1) is 10.2 Å². The molecular weight excluding hydrogens is 455 g/mol. The fraction of sp³-hybridized carbons (Fsp3) is 0.292. The van der Waals surface area contributed by atoms with Crippen LogP contribution in [0.4, 0.5) is 10.1 Å². The Labute approximate surface area is 200 Å². The van der Waals surface area contributed by atoms with E-state index < -0.39 is 29.2 Å². The van der Waals surface area contributed by atoms with Crippen LogP contribution in [0.5, 0.6) is 0 Å². The molecule has 35 heavy (non-hydrogen) atoms. The third kappa shape index (κ3) is 5.62. The van der Waals surface area contributed by atoms with E-state index >= 15 is 0 Å². The third-order valence-corrected chi connectivity index (χ3v) is 4.86. The first-order valence-corrected chi connectivity index (χ1v) is 10.9. The number of nitrogens with zero attached hydrogens (tertiary/aromatic N) is 5. The minimum absolute atomic E-state index is 0.169. The summed E-state index contributed by atoms with van der Waals surface area (Å²) in [6.07, 6.45) is 1.40. The summed E-state index contributed by atoms with van der Waals surface area (Å²) in [4.78, 5) is 29.3. The molecular formula is C24H25FN6O4. The monoisotopic (exact) mass is 480 g/mol. The molecule has 0 radical (unpaired) electrons. The fourth-order valence-electron chi connectivity index (χ4n) is 3.48. The van der Waals surface area contributed by atoms with E-state index in [1.54, 1.807) is 31.2 Å². The molecule has 182 valence electrons. The summed E-state index contributed by atoms with van der Waals surface area (Å²) in [5, 5.41) is 14.9. The lowest BCUT2D eigenvalue weighted by Gasteiger charge is -2.32. The first-order valence-electron chi connectivity index (χ1n) is 10.9. The summed E-state index contributed by atoms with van der Waals surface area (Å²) in [7, 11) is 0. The molecule has 0 saturated carbocycles. The maximum absolute atomic E-state index is 14.2. The van der Waals surface area contributed by atoms with Crippen molar-refractivity contribution in [1.82, 2.24) is 25.5 Å². The third-order valence-electron chi connectivity index (χ3n) is 4.86. The quantitative estimate of drug-likeness (QED) is 0.429. The first-order chi connectivity index (χ1) is 16.6. The number of amides is 2. The van der Waals surface area contributed by atoms with Gasteiger partial charge in [-0.25, -0.2) is 4.39 Å². The van der Waals surface area contributed by atoms with Crippen molar-refractivity contribution in [3.8, 4) is 11.6 Å². The average Bonchev–Trinajstić information content (AvgIpc) is 3.52. The molecule has 4 aromatic rings. The van der Waals surface area contributed by atoms with Gasteiger partial charge in [-0.2, -0.15) is 4.80 Å². The van der Waals surface area contributed by atoms with Crippen molar-refractivity contribution in [3.05, 3.63) is 72.1 Å². The second-order valence-corrected chi connectivity index (χ2v) is 8.95. The molecule has 0 aliphatic carbocycles. The van der Waals surface area contributed by atoms with Crippen LogP contribution in [-0.2, 0) is 16.1 Å². The van der Waals surface area contributed by atoms with Crippen LogP contribution in [0.1, 0.15) is 38.3 Å². The molecule has 11 heteroatoms. The Kier molecular flexibility index (Phi) is 6.50. The van der Waals surface area contributed by atoms with Gasteiger partial charge in [-0.1, -0.05) is 6.07 Å². The van der Waals surface area contributed by atoms with Crippen LogP contribution >= 0.6 is 0 Å². The molecule has 1 atom stereocenters. The highest BCUT2D eigenvalue weighted by molar-refractivity contribution is 6.01. The number of hydrogen-bond donors (Lipinski definition) is 1. The van der Waals surface area contributed by atoms with Crippen LogP contribution in [0.25, 0.3) is 11.6 Å². The van der Waals surface area contributed by atoms with E-state index in [2.05, 4.69) is 20.7 Å². The zero-order valence-corrected chi connectivity index (χ0v) is 19.7. The van der Waals surface area contributed by atoms with Crippen LogP contribution in [0.3, 0.4) is 0 Å². The first kappa shape index (κ1) is 23.9. The molecule has 10 nitrogen and oxygen atoms in total. The molecule has 4 rings (SSSR count). The molecule has 1 aromatic carbocycles. The Morgan fingerprint density at radius 3 is 2.60 bits per heavy atom. The molecule has 0 bridgehead atoms. The molecule has 0 aliphatic heterocycles. The predicted molar refractivity (Wildman–Crippen MR) is 123 cm³/mol. The van der Waals surface area contributed by atoms with Gasteiger partial charge in [-0.05, 0) is 75.4 Å². The lowest BCUT2D eigenvalue weighted by molar-refractivity contribution is -0.128. The molecule has 3 heterocycles. The Morgan fingerprint density at radius 2 is 1.97 bits per heavy atom. The van der Waals surface area contributed by atoms with E-state index in [0.29, 0.717) is 11.5 Å². The highest BCUT2D eigenvalue weighted by Gasteiger charge is 2.36. The van der Waals surface area contributed by atoms with Crippen molar-refractivity contribution in [2.45, 2.75) is 45.8 Å². The normalized spacial score (nSPS) is 12.4. The Balaban J connectivity index is 1.71. The van der Waals surface area contributed by atoms with Crippen molar-refractivity contribution in [3.63, 3.8) is 0 Å². The van der Waals surface area contributed by atoms with Gasteiger partial charge >= 0.3 is 0 Å². The van der Waals surface area contributed by atoms with Gasteiger partial charge in [0.05, 0.1) is 6.26 Å². The minimum Gasteiger partial charge on any atom is -0.467 e. The second-order valence-electron chi connectivity index (χ2n) is 8.95. The van der Waals surface area contributed by atoms with Crippen LogP contribution in [0, 0.1) is 12.7 Å². The van der Waals surface area contributed by atoms with E-state index in [1.807, 2.05) is 20.8 Å². The minimum atomic E-state index is -1.21. The maximum atomic E-state index is 14.2. The highest BCUT2D eigenvalue weighted by Crippen LogP contribution is 2.30. The van der Waals surface area contributed by atoms with E-state index in [4.69, 9.17) is 8.83 Å². The van der Waals surface area contributed by atoms with Gasteiger partial charge in [0.2, 0.25) is 5.82 Å². The number of carbonyl (C=O) groups is 2. The van der Waals surface area contributed by atoms with Gasteiger partial charge in [-0.3, -0.25) is 14.5 Å². The number of aromatic nitrogens is 4. The van der Waals surface area contributed by atoms with Crippen LogP contribution in [0.15, 0.2) is 63.6 Å². The number of anilines is 1. The average molecular weight is 481 g/mol. The van der Waals surface area contributed by atoms with Gasteiger partial charge in [0.15, 0.2) is 11.8 Å². The fourth-order valence-corrected chi connectivity index (χ4v) is 3.48. The second kappa shape index (κ2) is 9.53. The van der Waals surface area contributed by atoms with E-state index in [9.17, 15) is 14.0 Å². The number of halogens is 1. The summed E-state index contributed by atoms with van der Waals surface area (Å²) in [5.74, 6) is -0.149. The summed E-state index contributed by atoms with van der Waals surface area (Å²) < 4.78 is 25.2. The smallest absolute Gasteiger partial charge is 0.251 e. The van der Waals surface area contributed by atoms with Crippen molar-refractivity contribution in [2.24, 2.45) is 0 Å². The molecule has 0 unspecified atom stereocenters. The predicted octanol–water partition coefficient (Wildman–Crippen LogP) is 3.66. The standard InChI is InChI=1S/C24H25FN6O4/c1-15-10-11-19(35-15)22-27-29-30(28-22)14-20(32)31(17-8-5-7-16(25)13-17)21(18-9-6-12-34-18)23(33)26-24(2,3)4/h5-13,21H,14H2,1-4H3,(H,26,33)/t21-/m1/s1. The van der Waals surface area contributed by atoms with E-state index in [0.717, 1.165) is 4.80 Å². The molecule has 0 spiro atoms. The van der Waals surface area contributed by atoms with E-state index in [1.165, 1.54) is 35.4 Å². The maximum Gasteiger partial charge on any atom is 0.251 e. The SMILES string of the molecule is Cc1ccc(-c2nnn(CC(=O)N(c3cccc(F)c3)[C@@H](C(=O)NC(C)(C)C)c3ccco3)n2)o1. The lowest BCUT2D eigenvalue weighted by Crippen LogP contribution is -2.50. The van der Waals surface area contributed by atoms with Crippen LogP contribution in [0.2, 0.25) is 0 Å². The summed E-state index contributed by atoms with van der Waals surface area (Å²) in [6.45, 7) is 6.86. The van der Waals surface area contributed by atoms with Crippen molar-refractivity contribution in [2.75, 3.05) is 4.90 Å². The Bertz CT molecular complexity index is 1320. The van der Waals surface area contributed by atoms with Crippen molar-refractivity contribution < 1.29 is 22.8 Å². The summed E-state index contributed by atoms with van der Waals surface area (Å²) in [5.41, 5.74) is -0.426. The number of aryl methyl sites for hydroxylation is 1. The van der Waals surface area contributed by atoms with Gasteiger partial charge < -0.3 is 14.2 Å². The van der Waals surface area contributed by atoms with Gasteiger partial charge in [0.1, 0.15) is 23.9 Å². The molecule has 0 fully saturated rings.